The second-order valence-electron chi connectivity index (χ2n) is 6.64. The van der Waals surface area contributed by atoms with Crippen molar-refractivity contribution in [2.24, 2.45) is 5.92 Å². The molecule has 0 spiro atoms. The first-order valence-electron chi connectivity index (χ1n) is 8.36. The summed E-state index contributed by atoms with van der Waals surface area (Å²) < 4.78 is 1.96. The number of aliphatic hydroxyl groups is 1. The molecule has 0 aromatic carbocycles. The first-order chi connectivity index (χ1) is 11.2. The second kappa shape index (κ2) is 5.81. The zero-order chi connectivity index (χ0) is 15.8. The molecule has 2 atom stereocenters. The van der Waals surface area contributed by atoms with E-state index in [0.717, 1.165) is 48.1 Å². The van der Waals surface area contributed by atoms with Crippen LogP contribution >= 0.6 is 0 Å². The summed E-state index contributed by atoms with van der Waals surface area (Å²) in [4.78, 5) is 7.48. The van der Waals surface area contributed by atoms with Crippen LogP contribution in [0.25, 0.3) is 16.7 Å². The predicted molar refractivity (Wildman–Crippen MR) is 89.6 cm³/mol. The van der Waals surface area contributed by atoms with Crippen molar-refractivity contribution in [2.75, 3.05) is 0 Å². The van der Waals surface area contributed by atoms with Crippen LogP contribution in [0.4, 0.5) is 0 Å². The third-order valence-corrected chi connectivity index (χ3v) is 4.95. The Morgan fingerprint density at radius 1 is 1.35 bits per heavy atom. The summed E-state index contributed by atoms with van der Waals surface area (Å²) in [6.45, 7) is 2.07. The average Bonchev–Trinajstić information content (AvgIpc) is 3.14. The first kappa shape index (κ1) is 14.5. The minimum Gasteiger partial charge on any atom is -0.393 e. The number of hydrogen-bond donors (Lipinski definition) is 2. The first-order valence-corrected chi connectivity index (χ1v) is 8.36. The van der Waals surface area contributed by atoms with E-state index < -0.39 is 0 Å². The summed E-state index contributed by atoms with van der Waals surface area (Å²) in [7, 11) is 0. The lowest BCUT2D eigenvalue weighted by atomic mass is 9.83. The molecule has 0 bridgehead atoms. The second-order valence-corrected chi connectivity index (χ2v) is 6.64. The molecule has 3 heterocycles. The van der Waals surface area contributed by atoms with Gasteiger partial charge < -0.3 is 10.1 Å². The molecule has 3 aromatic rings. The topological polar surface area (TPSA) is 66.7 Å². The Hall–Kier alpha value is -2.14. The Morgan fingerprint density at radius 3 is 3.13 bits per heavy atom. The van der Waals surface area contributed by atoms with Crippen molar-refractivity contribution in [3.8, 4) is 5.69 Å². The summed E-state index contributed by atoms with van der Waals surface area (Å²) in [5.74, 6) is 0.569. The van der Waals surface area contributed by atoms with Crippen molar-refractivity contribution >= 4 is 11.0 Å². The number of aromatic nitrogens is 4. The fourth-order valence-electron chi connectivity index (χ4n) is 3.72. The third kappa shape index (κ3) is 2.77. The summed E-state index contributed by atoms with van der Waals surface area (Å²) >= 11 is 0. The van der Waals surface area contributed by atoms with Crippen LogP contribution in [0.3, 0.4) is 0 Å². The molecular formula is C18H22N4O. The molecule has 3 aromatic heterocycles. The molecule has 5 heteroatoms. The zero-order valence-electron chi connectivity index (χ0n) is 13.4. The van der Waals surface area contributed by atoms with Crippen LogP contribution in [0.1, 0.15) is 36.9 Å². The molecule has 1 aliphatic carbocycles. The minimum atomic E-state index is -0.122. The normalized spacial score (nSPS) is 21.8. The predicted octanol–water partition coefficient (Wildman–Crippen LogP) is 3.15. The van der Waals surface area contributed by atoms with Gasteiger partial charge in [0.05, 0.1) is 17.5 Å². The zero-order valence-corrected chi connectivity index (χ0v) is 13.4. The highest BCUT2D eigenvalue weighted by Gasteiger charge is 2.22. The van der Waals surface area contributed by atoms with Crippen LogP contribution in [0.5, 0.6) is 0 Å². The Morgan fingerprint density at radius 2 is 2.26 bits per heavy atom. The van der Waals surface area contributed by atoms with E-state index in [1.165, 1.54) is 12.0 Å². The quantitative estimate of drug-likeness (QED) is 0.781. The van der Waals surface area contributed by atoms with Gasteiger partial charge in [0.25, 0.3) is 0 Å². The molecular weight excluding hydrogens is 288 g/mol. The van der Waals surface area contributed by atoms with E-state index in [2.05, 4.69) is 23.1 Å². The monoisotopic (exact) mass is 310 g/mol. The van der Waals surface area contributed by atoms with Gasteiger partial charge in [-0.1, -0.05) is 6.42 Å². The summed E-state index contributed by atoms with van der Waals surface area (Å²) in [6, 6.07) is 4.03. The number of fused-ring (bicyclic) bond motifs is 1. The highest BCUT2D eigenvalue weighted by Crippen LogP contribution is 2.29. The standard InChI is InChI=1S/C18H22N4O/c1-12-14(9-13-3-2-4-15(23)10-13)11-22(21-12)17-6-8-20-18-16(17)5-7-19-18/h5-8,11,13,15,23H,2-4,9-10H2,1H3,(H,19,20). The maximum Gasteiger partial charge on any atom is 0.139 e. The molecule has 2 unspecified atom stereocenters. The van der Waals surface area contributed by atoms with Crippen LogP contribution < -0.4 is 0 Å². The number of pyridine rings is 1. The van der Waals surface area contributed by atoms with Crippen LogP contribution in [-0.4, -0.2) is 31.0 Å². The highest BCUT2D eigenvalue weighted by atomic mass is 16.3. The molecule has 1 fully saturated rings. The van der Waals surface area contributed by atoms with E-state index in [0.29, 0.717) is 5.92 Å². The minimum absolute atomic E-state index is 0.122. The van der Waals surface area contributed by atoms with E-state index >= 15 is 0 Å². The smallest absolute Gasteiger partial charge is 0.139 e. The SMILES string of the molecule is Cc1nn(-c2ccnc3[nH]ccc23)cc1CC1CCCC(O)C1. The van der Waals surface area contributed by atoms with Crippen LogP contribution in [0, 0.1) is 12.8 Å². The van der Waals surface area contributed by atoms with Gasteiger partial charge >= 0.3 is 0 Å². The van der Waals surface area contributed by atoms with Crippen LogP contribution in [0.2, 0.25) is 0 Å². The number of aromatic amines is 1. The van der Waals surface area contributed by atoms with Crippen molar-refractivity contribution < 1.29 is 5.11 Å². The number of nitrogens with zero attached hydrogens (tertiary/aromatic N) is 3. The maximum atomic E-state index is 9.87. The summed E-state index contributed by atoms with van der Waals surface area (Å²) in [5, 5.41) is 15.7. The molecule has 1 saturated carbocycles. The van der Waals surface area contributed by atoms with Crippen molar-refractivity contribution in [1.29, 1.82) is 0 Å². The Bertz CT molecular complexity index is 819. The van der Waals surface area contributed by atoms with Gasteiger partial charge in [-0.25, -0.2) is 9.67 Å². The van der Waals surface area contributed by atoms with Gasteiger partial charge in [-0.2, -0.15) is 5.10 Å². The fourth-order valence-corrected chi connectivity index (χ4v) is 3.72. The largest absolute Gasteiger partial charge is 0.393 e. The van der Waals surface area contributed by atoms with Gasteiger partial charge in [0, 0.05) is 24.0 Å². The Labute approximate surface area is 135 Å². The molecule has 0 amide bonds. The molecule has 23 heavy (non-hydrogen) atoms. The molecule has 0 radical (unpaired) electrons. The van der Waals surface area contributed by atoms with Gasteiger partial charge in [0.2, 0.25) is 0 Å². The van der Waals surface area contributed by atoms with E-state index in [4.69, 9.17) is 5.10 Å². The number of aliphatic hydroxyl groups excluding tert-OH is 1. The number of aryl methyl sites for hydroxylation is 1. The third-order valence-electron chi connectivity index (χ3n) is 4.95. The highest BCUT2D eigenvalue weighted by molar-refractivity contribution is 5.84. The van der Waals surface area contributed by atoms with Crippen molar-refractivity contribution in [3.05, 3.63) is 42.0 Å². The van der Waals surface area contributed by atoms with Gasteiger partial charge in [0.1, 0.15) is 5.65 Å². The maximum absolute atomic E-state index is 9.87. The van der Waals surface area contributed by atoms with Gasteiger partial charge in [-0.3, -0.25) is 0 Å². The van der Waals surface area contributed by atoms with Crippen LogP contribution in [-0.2, 0) is 6.42 Å². The number of rotatable bonds is 3. The van der Waals surface area contributed by atoms with Gasteiger partial charge in [0.15, 0.2) is 0 Å². The van der Waals surface area contributed by atoms with Crippen molar-refractivity contribution in [2.45, 2.75) is 45.1 Å². The molecule has 0 aliphatic heterocycles. The van der Waals surface area contributed by atoms with E-state index in [1.54, 1.807) is 0 Å². The lowest BCUT2D eigenvalue weighted by molar-refractivity contribution is 0.101. The lowest BCUT2D eigenvalue weighted by Gasteiger charge is -2.25. The fraction of sp³-hybridized carbons (Fsp3) is 0.444. The van der Waals surface area contributed by atoms with Crippen molar-refractivity contribution in [1.82, 2.24) is 19.7 Å². The molecule has 4 rings (SSSR count). The molecule has 5 nitrogen and oxygen atoms in total. The lowest BCUT2D eigenvalue weighted by Crippen LogP contribution is -2.21. The van der Waals surface area contributed by atoms with E-state index in [1.807, 2.05) is 29.2 Å². The Balaban J connectivity index is 1.63. The number of nitrogens with one attached hydrogen (secondary N) is 1. The summed E-state index contributed by atoms with van der Waals surface area (Å²) in [6.07, 6.45) is 10.9. The molecule has 120 valence electrons. The van der Waals surface area contributed by atoms with E-state index in [-0.39, 0.29) is 6.10 Å². The number of H-pyrrole nitrogens is 1. The van der Waals surface area contributed by atoms with Crippen molar-refractivity contribution in [3.63, 3.8) is 0 Å². The van der Waals surface area contributed by atoms with Gasteiger partial charge in [-0.15, -0.1) is 0 Å². The molecule has 1 aliphatic rings. The summed E-state index contributed by atoms with van der Waals surface area (Å²) in [5.41, 5.74) is 4.29. The van der Waals surface area contributed by atoms with E-state index in [9.17, 15) is 5.11 Å². The Kier molecular flexibility index (Phi) is 3.65. The molecule has 0 saturated heterocycles. The average molecular weight is 310 g/mol. The van der Waals surface area contributed by atoms with Crippen LogP contribution in [0.15, 0.2) is 30.7 Å². The molecule has 2 N–H and O–H groups in total. The number of hydrogen-bond acceptors (Lipinski definition) is 3. The van der Waals surface area contributed by atoms with Gasteiger partial charge in [-0.05, 0) is 56.2 Å².